The topological polar surface area (TPSA) is 67.2 Å². The molecule has 1 saturated heterocycles. The smallest absolute Gasteiger partial charge is 0.242 e. The molecule has 0 radical (unpaired) electrons. The lowest BCUT2D eigenvalue weighted by Gasteiger charge is -2.17. The van der Waals surface area contributed by atoms with E-state index in [4.69, 9.17) is 4.98 Å². The van der Waals surface area contributed by atoms with E-state index in [2.05, 4.69) is 5.32 Å². The summed E-state index contributed by atoms with van der Waals surface area (Å²) in [6.45, 7) is 4.49. The molecule has 1 N–H and O–H groups in total. The number of carbonyl (C=O) groups excluding carboxylic acids is 2. The van der Waals surface area contributed by atoms with Gasteiger partial charge in [0.25, 0.3) is 0 Å². The molecule has 3 aromatic rings. The first-order valence-corrected chi connectivity index (χ1v) is 10.6. The van der Waals surface area contributed by atoms with Crippen LogP contribution in [0.2, 0.25) is 0 Å². The number of benzene rings is 2. The molecular weight excluding hydrogens is 376 g/mol. The number of hydrogen-bond donors (Lipinski definition) is 1. The fourth-order valence-electron chi connectivity index (χ4n) is 4.05. The molecule has 2 aromatic carbocycles. The number of rotatable bonds is 7. The first kappa shape index (κ1) is 20.1. The van der Waals surface area contributed by atoms with Gasteiger partial charge >= 0.3 is 0 Å². The molecule has 6 nitrogen and oxygen atoms in total. The van der Waals surface area contributed by atoms with Gasteiger partial charge in [-0.05, 0) is 43.0 Å². The zero-order valence-electron chi connectivity index (χ0n) is 17.4. The van der Waals surface area contributed by atoms with Gasteiger partial charge in [-0.3, -0.25) is 9.59 Å². The molecule has 156 valence electrons. The minimum absolute atomic E-state index is 0.0000965. The molecule has 30 heavy (non-hydrogen) atoms. The summed E-state index contributed by atoms with van der Waals surface area (Å²) < 4.78 is 2.00. The Morgan fingerprint density at radius 1 is 1.03 bits per heavy atom. The van der Waals surface area contributed by atoms with Crippen molar-refractivity contribution in [3.63, 3.8) is 0 Å². The van der Waals surface area contributed by atoms with Crippen molar-refractivity contribution in [1.29, 1.82) is 0 Å². The number of hydrogen-bond acceptors (Lipinski definition) is 3. The summed E-state index contributed by atoms with van der Waals surface area (Å²) in [6, 6.07) is 15.8. The molecule has 2 amide bonds. The highest BCUT2D eigenvalue weighted by Crippen LogP contribution is 2.18. The molecule has 0 bridgehead atoms. The van der Waals surface area contributed by atoms with Gasteiger partial charge in [-0.1, -0.05) is 36.4 Å². The first-order chi connectivity index (χ1) is 14.6. The lowest BCUT2D eigenvalue weighted by atomic mass is 10.1. The molecule has 0 spiro atoms. The van der Waals surface area contributed by atoms with Crippen LogP contribution in [0, 0.1) is 6.92 Å². The quantitative estimate of drug-likeness (QED) is 0.658. The van der Waals surface area contributed by atoms with Crippen molar-refractivity contribution < 1.29 is 9.59 Å². The Bertz CT molecular complexity index is 1050. The van der Waals surface area contributed by atoms with Crippen molar-refractivity contribution >= 4 is 22.8 Å². The molecule has 0 aliphatic carbocycles. The van der Waals surface area contributed by atoms with Gasteiger partial charge in [0.05, 0.1) is 17.5 Å². The second kappa shape index (κ2) is 9.11. The highest BCUT2D eigenvalue weighted by atomic mass is 16.2. The van der Waals surface area contributed by atoms with E-state index in [1.807, 2.05) is 64.9 Å². The summed E-state index contributed by atoms with van der Waals surface area (Å²) in [5.74, 6) is 0.973. The summed E-state index contributed by atoms with van der Waals surface area (Å²) in [5, 5.41) is 3.00. The normalized spacial score (nSPS) is 13.7. The maximum atomic E-state index is 12.7. The maximum absolute atomic E-state index is 12.7. The third-order valence-electron chi connectivity index (χ3n) is 5.77. The van der Waals surface area contributed by atoms with Gasteiger partial charge in [0.1, 0.15) is 12.4 Å². The number of aromatic nitrogens is 2. The first-order valence-electron chi connectivity index (χ1n) is 10.6. The van der Waals surface area contributed by atoms with E-state index in [0.717, 1.165) is 53.9 Å². The van der Waals surface area contributed by atoms with Crippen molar-refractivity contribution in [1.82, 2.24) is 19.8 Å². The molecule has 4 rings (SSSR count). The van der Waals surface area contributed by atoms with E-state index >= 15 is 0 Å². The van der Waals surface area contributed by atoms with Crippen LogP contribution in [0.3, 0.4) is 0 Å². The van der Waals surface area contributed by atoms with Crippen LogP contribution in [0.25, 0.3) is 11.0 Å². The van der Waals surface area contributed by atoms with Crippen LogP contribution in [-0.4, -0.2) is 45.9 Å². The standard InChI is InChI=1S/C24H28N4O2/c1-18-8-2-3-9-19(18)16-23(29)25-13-12-22-26-20-10-4-5-11-21(20)28(22)17-24(30)27-14-6-7-15-27/h2-5,8-11H,6-7,12-17H2,1H3,(H,25,29). The molecule has 1 aliphatic heterocycles. The second-order valence-corrected chi connectivity index (χ2v) is 7.89. The molecule has 1 aromatic heterocycles. The van der Waals surface area contributed by atoms with Gasteiger partial charge in [0.15, 0.2) is 0 Å². The zero-order valence-corrected chi connectivity index (χ0v) is 17.4. The average molecular weight is 405 g/mol. The van der Waals surface area contributed by atoms with Gasteiger partial charge in [0, 0.05) is 26.1 Å². The van der Waals surface area contributed by atoms with Crippen molar-refractivity contribution in [3.8, 4) is 0 Å². The number of amides is 2. The molecule has 0 unspecified atom stereocenters. The number of likely N-dealkylation sites (tertiary alicyclic amines) is 1. The lowest BCUT2D eigenvalue weighted by molar-refractivity contribution is -0.130. The predicted octanol–water partition coefficient (Wildman–Crippen LogP) is 2.87. The Morgan fingerprint density at radius 2 is 1.77 bits per heavy atom. The molecule has 0 saturated carbocycles. The largest absolute Gasteiger partial charge is 0.355 e. The third kappa shape index (κ3) is 4.53. The van der Waals surface area contributed by atoms with E-state index in [1.54, 1.807) is 0 Å². The van der Waals surface area contributed by atoms with Crippen LogP contribution < -0.4 is 5.32 Å². The fourth-order valence-corrected chi connectivity index (χ4v) is 4.05. The number of para-hydroxylation sites is 2. The van der Waals surface area contributed by atoms with Crippen molar-refractivity contribution in [2.75, 3.05) is 19.6 Å². The van der Waals surface area contributed by atoms with Gasteiger partial charge < -0.3 is 14.8 Å². The minimum atomic E-state index is 0.0000965. The summed E-state index contributed by atoms with van der Waals surface area (Å²) in [4.78, 5) is 31.8. The van der Waals surface area contributed by atoms with E-state index in [9.17, 15) is 9.59 Å². The number of imidazole rings is 1. The van der Waals surface area contributed by atoms with Crippen LogP contribution in [0.1, 0.15) is 29.8 Å². The van der Waals surface area contributed by atoms with E-state index < -0.39 is 0 Å². The second-order valence-electron chi connectivity index (χ2n) is 7.89. The van der Waals surface area contributed by atoms with E-state index in [1.165, 1.54) is 0 Å². The number of fused-ring (bicyclic) bond motifs is 1. The third-order valence-corrected chi connectivity index (χ3v) is 5.77. The summed E-state index contributed by atoms with van der Waals surface area (Å²) in [6.07, 6.45) is 3.12. The van der Waals surface area contributed by atoms with E-state index in [-0.39, 0.29) is 11.8 Å². The van der Waals surface area contributed by atoms with Crippen molar-refractivity contribution in [3.05, 3.63) is 65.5 Å². The molecule has 1 fully saturated rings. The highest BCUT2D eigenvalue weighted by Gasteiger charge is 2.20. The Labute approximate surface area is 176 Å². The summed E-state index contributed by atoms with van der Waals surface area (Å²) in [7, 11) is 0. The van der Waals surface area contributed by atoms with Crippen LogP contribution >= 0.6 is 0 Å². The predicted molar refractivity (Wildman–Crippen MR) is 117 cm³/mol. The molecule has 2 heterocycles. The number of carbonyl (C=O) groups is 2. The number of aryl methyl sites for hydroxylation is 1. The summed E-state index contributed by atoms with van der Waals surface area (Å²) in [5.41, 5.74) is 4.01. The SMILES string of the molecule is Cc1ccccc1CC(=O)NCCc1nc2ccccc2n1CC(=O)N1CCCC1. The molecular formula is C24H28N4O2. The Morgan fingerprint density at radius 3 is 2.57 bits per heavy atom. The lowest BCUT2D eigenvalue weighted by Crippen LogP contribution is -2.32. The van der Waals surface area contributed by atoms with Crippen LogP contribution in [-0.2, 0) is 29.0 Å². The van der Waals surface area contributed by atoms with Gasteiger partial charge in [0.2, 0.25) is 11.8 Å². The van der Waals surface area contributed by atoms with Crippen LogP contribution in [0.15, 0.2) is 48.5 Å². The summed E-state index contributed by atoms with van der Waals surface area (Å²) >= 11 is 0. The average Bonchev–Trinajstić information content (AvgIpc) is 3.39. The van der Waals surface area contributed by atoms with Crippen LogP contribution in [0.4, 0.5) is 0 Å². The Hall–Kier alpha value is -3.15. The van der Waals surface area contributed by atoms with E-state index in [0.29, 0.717) is 25.9 Å². The molecule has 6 heteroatoms. The molecule has 0 atom stereocenters. The highest BCUT2D eigenvalue weighted by molar-refractivity contribution is 5.81. The molecule has 1 aliphatic rings. The minimum Gasteiger partial charge on any atom is -0.355 e. The van der Waals surface area contributed by atoms with Crippen molar-refractivity contribution in [2.24, 2.45) is 0 Å². The Kier molecular flexibility index (Phi) is 6.12. The van der Waals surface area contributed by atoms with Gasteiger partial charge in [-0.15, -0.1) is 0 Å². The fraction of sp³-hybridized carbons (Fsp3) is 0.375. The Balaban J connectivity index is 1.42. The van der Waals surface area contributed by atoms with Gasteiger partial charge in [-0.25, -0.2) is 4.98 Å². The van der Waals surface area contributed by atoms with Gasteiger partial charge in [-0.2, -0.15) is 0 Å². The monoisotopic (exact) mass is 404 g/mol. The van der Waals surface area contributed by atoms with Crippen LogP contribution in [0.5, 0.6) is 0 Å². The van der Waals surface area contributed by atoms with Crippen molar-refractivity contribution in [2.45, 2.75) is 39.2 Å². The number of nitrogens with one attached hydrogen (secondary N) is 1. The maximum Gasteiger partial charge on any atom is 0.242 e. The number of nitrogens with zero attached hydrogens (tertiary/aromatic N) is 3. The zero-order chi connectivity index (χ0) is 20.9.